The van der Waals surface area contributed by atoms with Crippen molar-refractivity contribution < 1.29 is 24.2 Å². The Hall–Kier alpha value is -1.36. The minimum absolute atomic E-state index is 0.103. The molecule has 5 aliphatic rings. The van der Waals surface area contributed by atoms with Crippen molar-refractivity contribution in [1.29, 1.82) is 0 Å². The monoisotopic (exact) mass is 348 g/mol. The highest BCUT2D eigenvalue weighted by atomic mass is 16.6. The number of aliphatic hydroxyl groups excluding tert-OH is 1. The molecule has 0 amide bonds. The van der Waals surface area contributed by atoms with E-state index >= 15 is 0 Å². The van der Waals surface area contributed by atoms with Crippen molar-refractivity contribution >= 4 is 11.9 Å². The van der Waals surface area contributed by atoms with Crippen LogP contribution in [0.15, 0.2) is 11.1 Å². The van der Waals surface area contributed by atoms with E-state index in [0.717, 1.165) is 30.4 Å². The molecule has 138 valence electrons. The summed E-state index contributed by atoms with van der Waals surface area (Å²) in [4.78, 5) is 24.9. The zero-order chi connectivity index (χ0) is 18.1. The summed E-state index contributed by atoms with van der Waals surface area (Å²) < 4.78 is 11.7. The molecule has 0 spiro atoms. The molecule has 4 bridgehead atoms. The highest BCUT2D eigenvalue weighted by molar-refractivity contribution is 5.78. The van der Waals surface area contributed by atoms with Gasteiger partial charge < -0.3 is 14.6 Å². The van der Waals surface area contributed by atoms with Crippen molar-refractivity contribution in [2.24, 2.45) is 29.1 Å². The van der Waals surface area contributed by atoms with Gasteiger partial charge in [0.05, 0.1) is 23.9 Å². The fourth-order valence-electron chi connectivity index (χ4n) is 5.70. The van der Waals surface area contributed by atoms with Gasteiger partial charge in [0.1, 0.15) is 12.2 Å². The van der Waals surface area contributed by atoms with E-state index in [4.69, 9.17) is 9.47 Å². The summed E-state index contributed by atoms with van der Waals surface area (Å²) in [7, 11) is 0. The number of esters is 2. The third kappa shape index (κ3) is 2.31. The lowest BCUT2D eigenvalue weighted by molar-refractivity contribution is -0.164. The second-order valence-electron chi connectivity index (χ2n) is 8.83. The third-order valence-corrected chi connectivity index (χ3v) is 7.36. The van der Waals surface area contributed by atoms with Crippen LogP contribution in [-0.4, -0.2) is 35.4 Å². The first-order valence-electron chi connectivity index (χ1n) is 9.56. The molecule has 5 nitrogen and oxygen atoms in total. The van der Waals surface area contributed by atoms with E-state index < -0.39 is 6.10 Å². The van der Waals surface area contributed by atoms with Gasteiger partial charge >= 0.3 is 11.9 Å². The van der Waals surface area contributed by atoms with E-state index in [9.17, 15) is 14.7 Å². The van der Waals surface area contributed by atoms with Crippen LogP contribution in [0.2, 0.25) is 0 Å². The number of aliphatic hydroxyl groups is 1. The van der Waals surface area contributed by atoms with Crippen molar-refractivity contribution in [3.63, 3.8) is 0 Å². The van der Waals surface area contributed by atoms with Gasteiger partial charge in [0.15, 0.2) is 0 Å². The van der Waals surface area contributed by atoms with Gasteiger partial charge in [-0.2, -0.15) is 0 Å². The molecule has 4 aliphatic carbocycles. The molecule has 8 atom stereocenters. The average molecular weight is 348 g/mol. The highest BCUT2D eigenvalue weighted by Gasteiger charge is 2.65. The summed E-state index contributed by atoms with van der Waals surface area (Å²) in [5.74, 6) is -0.557. The van der Waals surface area contributed by atoms with E-state index in [0.29, 0.717) is 6.42 Å². The molecule has 25 heavy (non-hydrogen) atoms. The van der Waals surface area contributed by atoms with Gasteiger partial charge in [-0.25, -0.2) is 0 Å². The minimum Gasteiger partial charge on any atom is -0.462 e. The Balaban J connectivity index is 1.74. The molecule has 1 N–H and O–H groups in total. The van der Waals surface area contributed by atoms with E-state index in [1.165, 1.54) is 0 Å². The zero-order valence-corrected chi connectivity index (χ0v) is 15.5. The summed E-state index contributed by atoms with van der Waals surface area (Å²) in [6.07, 6.45) is 1.89. The van der Waals surface area contributed by atoms with E-state index in [-0.39, 0.29) is 53.2 Å². The zero-order valence-electron chi connectivity index (χ0n) is 15.5. The predicted octanol–water partition coefficient (Wildman–Crippen LogP) is 2.61. The fourth-order valence-corrected chi connectivity index (χ4v) is 5.70. The van der Waals surface area contributed by atoms with Crippen LogP contribution in [0.5, 0.6) is 0 Å². The Kier molecular flexibility index (Phi) is 3.80. The summed E-state index contributed by atoms with van der Waals surface area (Å²) >= 11 is 0. The number of hydrogen-bond acceptors (Lipinski definition) is 5. The Morgan fingerprint density at radius 3 is 2.84 bits per heavy atom. The standard InChI is InChI=1S/C20H28O5/c1-5-9(2)18(22)24-14-8-20(4)7-11-16(14)17(25-19(11)23)15-10(3)13(21)6-12(15)20/h9,11-14,16-17,21H,5-8H2,1-4H3. The Labute approximate surface area is 148 Å². The molecular formula is C20H28O5. The lowest BCUT2D eigenvalue weighted by atomic mass is 9.62. The number of carbonyl (C=O) groups excluding carboxylic acids is 2. The topological polar surface area (TPSA) is 72.8 Å². The normalized spacial score (nSPS) is 45.9. The molecular weight excluding hydrogens is 320 g/mol. The first kappa shape index (κ1) is 17.1. The number of carbonyl (C=O) groups is 2. The summed E-state index contributed by atoms with van der Waals surface area (Å²) in [6.45, 7) is 8.00. The first-order chi connectivity index (χ1) is 11.8. The van der Waals surface area contributed by atoms with Crippen molar-refractivity contribution in [3.8, 4) is 0 Å². The van der Waals surface area contributed by atoms with E-state index in [2.05, 4.69) is 6.92 Å². The first-order valence-corrected chi connectivity index (χ1v) is 9.56. The smallest absolute Gasteiger partial charge is 0.310 e. The Bertz CT molecular complexity index is 652. The van der Waals surface area contributed by atoms with Crippen LogP contribution in [0.3, 0.4) is 0 Å². The van der Waals surface area contributed by atoms with Crippen molar-refractivity contribution in [3.05, 3.63) is 11.1 Å². The molecule has 5 rings (SSSR count). The molecule has 0 aromatic heterocycles. The Morgan fingerprint density at radius 2 is 2.16 bits per heavy atom. The maximum atomic E-state index is 12.5. The van der Waals surface area contributed by atoms with Crippen LogP contribution in [-0.2, 0) is 19.1 Å². The molecule has 5 heteroatoms. The molecule has 1 saturated heterocycles. The summed E-state index contributed by atoms with van der Waals surface area (Å²) in [5.41, 5.74) is 1.93. The van der Waals surface area contributed by atoms with Crippen LogP contribution in [0, 0.1) is 29.1 Å². The third-order valence-electron chi connectivity index (χ3n) is 7.36. The molecule has 3 saturated carbocycles. The second-order valence-corrected chi connectivity index (χ2v) is 8.83. The molecule has 4 fully saturated rings. The molecule has 1 aliphatic heterocycles. The van der Waals surface area contributed by atoms with Crippen molar-refractivity contribution in [2.75, 3.05) is 0 Å². The maximum Gasteiger partial charge on any atom is 0.310 e. The van der Waals surface area contributed by atoms with Crippen LogP contribution in [0.4, 0.5) is 0 Å². The van der Waals surface area contributed by atoms with Gasteiger partial charge in [0, 0.05) is 0 Å². The molecule has 0 radical (unpaired) electrons. The lowest BCUT2D eigenvalue weighted by Gasteiger charge is -2.43. The van der Waals surface area contributed by atoms with Crippen molar-refractivity contribution in [2.45, 2.75) is 71.7 Å². The SMILES string of the molecule is CCC(C)C(=O)OC1CC2(C)CC3C(=O)OC(C4=C(C)C(O)CC42)C13. The largest absolute Gasteiger partial charge is 0.462 e. The van der Waals surface area contributed by atoms with Crippen LogP contribution in [0.25, 0.3) is 0 Å². The number of rotatable bonds is 3. The molecule has 8 unspecified atom stereocenters. The Morgan fingerprint density at radius 1 is 1.44 bits per heavy atom. The van der Waals surface area contributed by atoms with E-state index in [1.807, 2.05) is 20.8 Å². The average Bonchev–Trinajstić information content (AvgIpc) is 2.98. The minimum atomic E-state index is -0.449. The van der Waals surface area contributed by atoms with Crippen LogP contribution in [0.1, 0.15) is 53.4 Å². The molecule has 0 aromatic rings. The number of hydrogen-bond donors (Lipinski definition) is 1. The number of fused-ring (bicyclic) bond motifs is 1. The van der Waals surface area contributed by atoms with Crippen LogP contribution >= 0.6 is 0 Å². The van der Waals surface area contributed by atoms with Gasteiger partial charge in [-0.05, 0) is 55.1 Å². The maximum absolute atomic E-state index is 12.5. The summed E-state index contributed by atoms with van der Waals surface area (Å²) in [6, 6.07) is 0. The molecule has 1 heterocycles. The van der Waals surface area contributed by atoms with Gasteiger partial charge in [0.25, 0.3) is 0 Å². The predicted molar refractivity (Wildman–Crippen MR) is 90.3 cm³/mol. The fraction of sp³-hybridized carbons (Fsp3) is 0.800. The van der Waals surface area contributed by atoms with Gasteiger partial charge in [-0.1, -0.05) is 20.8 Å². The quantitative estimate of drug-likeness (QED) is 0.627. The van der Waals surface area contributed by atoms with Crippen molar-refractivity contribution in [1.82, 2.24) is 0 Å². The van der Waals surface area contributed by atoms with Gasteiger partial charge in [0.2, 0.25) is 0 Å². The van der Waals surface area contributed by atoms with Gasteiger partial charge in [-0.15, -0.1) is 0 Å². The number of ether oxygens (including phenoxy) is 2. The van der Waals surface area contributed by atoms with Gasteiger partial charge in [-0.3, -0.25) is 9.59 Å². The highest BCUT2D eigenvalue weighted by Crippen LogP contribution is 2.63. The van der Waals surface area contributed by atoms with Crippen LogP contribution < -0.4 is 0 Å². The molecule has 0 aromatic carbocycles. The lowest BCUT2D eigenvalue weighted by Crippen LogP contribution is -2.45. The second kappa shape index (κ2) is 5.57. The summed E-state index contributed by atoms with van der Waals surface area (Å²) in [5, 5.41) is 10.4. The van der Waals surface area contributed by atoms with E-state index in [1.54, 1.807) is 0 Å².